The van der Waals surface area contributed by atoms with E-state index in [1.165, 1.54) is 18.9 Å². The van der Waals surface area contributed by atoms with Crippen LogP contribution in [0.3, 0.4) is 0 Å². The Bertz CT molecular complexity index is 1320. The third-order valence-electron chi connectivity index (χ3n) is 7.87. The average molecular weight is 568 g/mol. The standard InChI is InChI=1S/C32H36F3N3O3/c1-23-20-28(25-10-7-11-26(21-25)32(33,34)35)36-30(41-19-18-40-22-24-8-3-2-4-9-24)29(23)31(39)38-16-12-27(13-17-38)37-14-5-6-15-37/h2-4,7-11,20-21,27H,5-6,12-19,22H2,1H3. The van der Waals surface area contributed by atoms with E-state index in [2.05, 4.69) is 9.88 Å². The van der Waals surface area contributed by atoms with E-state index in [0.717, 1.165) is 43.6 Å². The Labute approximate surface area is 239 Å². The maximum absolute atomic E-state index is 13.8. The molecule has 0 unspecified atom stereocenters. The summed E-state index contributed by atoms with van der Waals surface area (Å²) in [6.07, 6.45) is -0.165. The van der Waals surface area contributed by atoms with E-state index in [-0.39, 0.29) is 25.0 Å². The van der Waals surface area contributed by atoms with Crippen LogP contribution in [0.1, 0.15) is 52.7 Å². The first-order chi connectivity index (χ1) is 19.8. The lowest BCUT2D eigenvalue weighted by atomic mass is 10.00. The van der Waals surface area contributed by atoms with Gasteiger partial charge in [0.2, 0.25) is 5.88 Å². The molecule has 6 nitrogen and oxygen atoms in total. The molecule has 0 bridgehead atoms. The second-order valence-electron chi connectivity index (χ2n) is 10.7. The van der Waals surface area contributed by atoms with Crippen LogP contribution >= 0.6 is 0 Å². The fourth-order valence-corrected chi connectivity index (χ4v) is 5.67. The van der Waals surface area contributed by atoms with Gasteiger partial charge in [0.1, 0.15) is 12.2 Å². The van der Waals surface area contributed by atoms with Crippen molar-refractivity contribution in [1.82, 2.24) is 14.8 Å². The van der Waals surface area contributed by atoms with Crippen molar-refractivity contribution in [3.05, 3.63) is 82.9 Å². The number of benzene rings is 2. The van der Waals surface area contributed by atoms with Crippen molar-refractivity contribution in [3.8, 4) is 17.1 Å². The minimum Gasteiger partial charge on any atom is -0.475 e. The number of hydrogen-bond donors (Lipinski definition) is 0. The molecule has 0 spiro atoms. The molecule has 3 heterocycles. The second-order valence-corrected chi connectivity index (χ2v) is 10.7. The van der Waals surface area contributed by atoms with Crippen LogP contribution in [0.25, 0.3) is 11.3 Å². The molecule has 0 saturated carbocycles. The maximum atomic E-state index is 13.8. The minimum absolute atomic E-state index is 0.118. The number of nitrogens with zero attached hydrogens (tertiary/aromatic N) is 3. The molecule has 218 valence electrons. The lowest BCUT2D eigenvalue weighted by Gasteiger charge is -2.37. The molecule has 2 aliphatic heterocycles. The van der Waals surface area contributed by atoms with Crippen LogP contribution in [0.4, 0.5) is 13.2 Å². The first-order valence-electron chi connectivity index (χ1n) is 14.3. The number of aromatic nitrogens is 1. The van der Waals surface area contributed by atoms with Gasteiger partial charge in [-0.1, -0.05) is 42.5 Å². The smallest absolute Gasteiger partial charge is 0.416 e. The number of aryl methyl sites for hydroxylation is 1. The van der Waals surface area contributed by atoms with Gasteiger partial charge in [-0.2, -0.15) is 13.2 Å². The molecule has 0 N–H and O–H groups in total. The molecule has 2 aliphatic rings. The molecule has 2 aromatic carbocycles. The van der Waals surface area contributed by atoms with Gasteiger partial charge >= 0.3 is 6.18 Å². The Morgan fingerprint density at radius 3 is 2.39 bits per heavy atom. The van der Waals surface area contributed by atoms with Crippen LogP contribution in [-0.4, -0.2) is 66.1 Å². The van der Waals surface area contributed by atoms with E-state index >= 15 is 0 Å². The van der Waals surface area contributed by atoms with Gasteiger partial charge in [0.15, 0.2) is 0 Å². The summed E-state index contributed by atoms with van der Waals surface area (Å²) in [5.41, 5.74) is 1.85. The average Bonchev–Trinajstić information content (AvgIpc) is 3.52. The zero-order chi connectivity index (χ0) is 28.8. The largest absolute Gasteiger partial charge is 0.475 e. The second kappa shape index (κ2) is 13.0. The highest BCUT2D eigenvalue weighted by Gasteiger charge is 2.32. The van der Waals surface area contributed by atoms with E-state index in [1.54, 1.807) is 19.1 Å². The third-order valence-corrected chi connectivity index (χ3v) is 7.87. The van der Waals surface area contributed by atoms with Gasteiger partial charge in [0.25, 0.3) is 5.91 Å². The number of halogens is 3. The summed E-state index contributed by atoms with van der Waals surface area (Å²) in [6, 6.07) is 16.9. The highest BCUT2D eigenvalue weighted by molar-refractivity contribution is 5.98. The van der Waals surface area contributed by atoms with Gasteiger partial charge in [-0.25, -0.2) is 4.98 Å². The molecule has 2 fully saturated rings. The Morgan fingerprint density at radius 1 is 0.951 bits per heavy atom. The van der Waals surface area contributed by atoms with Gasteiger partial charge in [-0.05, 0) is 75.0 Å². The predicted molar refractivity (Wildman–Crippen MR) is 151 cm³/mol. The molecular formula is C32H36F3N3O3. The zero-order valence-corrected chi connectivity index (χ0v) is 23.3. The van der Waals surface area contributed by atoms with Crippen LogP contribution < -0.4 is 4.74 Å². The summed E-state index contributed by atoms with van der Waals surface area (Å²) in [5, 5.41) is 0. The summed E-state index contributed by atoms with van der Waals surface area (Å²) < 4.78 is 51.9. The van der Waals surface area contributed by atoms with Crippen molar-refractivity contribution >= 4 is 5.91 Å². The normalized spacial score (nSPS) is 16.7. The molecule has 1 aromatic heterocycles. The number of rotatable bonds is 9. The first-order valence-corrected chi connectivity index (χ1v) is 14.3. The van der Waals surface area contributed by atoms with Crippen LogP contribution in [0.15, 0.2) is 60.7 Å². The zero-order valence-electron chi connectivity index (χ0n) is 23.3. The Balaban J connectivity index is 1.34. The quantitative estimate of drug-likeness (QED) is 0.281. The molecule has 3 aromatic rings. The predicted octanol–water partition coefficient (Wildman–Crippen LogP) is 6.37. The van der Waals surface area contributed by atoms with E-state index in [1.807, 2.05) is 35.2 Å². The van der Waals surface area contributed by atoms with Crippen molar-refractivity contribution in [2.75, 3.05) is 39.4 Å². The molecular weight excluding hydrogens is 531 g/mol. The molecule has 0 aliphatic carbocycles. The van der Waals surface area contributed by atoms with Crippen molar-refractivity contribution in [2.45, 2.75) is 51.4 Å². The van der Waals surface area contributed by atoms with E-state index in [4.69, 9.17) is 9.47 Å². The fourth-order valence-electron chi connectivity index (χ4n) is 5.67. The topological polar surface area (TPSA) is 54.9 Å². The Kier molecular flexibility index (Phi) is 9.25. The van der Waals surface area contributed by atoms with Gasteiger partial charge in [-0.15, -0.1) is 0 Å². The number of amides is 1. The number of carbonyl (C=O) groups is 1. The van der Waals surface area contributed by atoms with Crippen LogP contribution in [0.2, 0.25) is 0 Å². The number of ether oxygens (including phenoxy) is 2. The van der Waals surface area contributed by atoms with Gasteiger partial charge in [0.05, 0.1) is 24.5 Å². The number of alkyl halides is 3. The summed E-state index contributed by atoms with van der Waals surface area (Å²) in [7, 11) is 0. The highest BCUT2D eigenvalue weighted by atomic mass is 19.4. The maximum Gasteiger partial charge on any atom is 0.416 e. The lowest BCUT2D eigenvalue weighted by molar-refractivity contribution is -0.137. The molecule has 5 rings (SSSR count). The monoisotopic (exact) mass is 567 g/mol. The molecule has 1 amide bonds. The van der Waals surface area contributed by atoms with Crippen molar-refractivity contribution in [3.63, 3.8) is 0 Å². The van der Waals surface area contributed by atoms with Gasteiger partial charge < -0.3 is 19.3 Å². The summed E-state index contributed by atoms with van der Waals surface area (Å²) >= 11 is 0. The molecule has 41 heavy (non-hydrogen) atoms. The Hall–Kier alpha value is -3.43. The van der Waals surface area contributed by atoms with Crippen LogP contribution in [0.5, 0.6) is 5.88 Å². The summed E-state index contributed by atoms with van der Waals surface area (Å²) in [4.78, 5) is 22.7. The van der Waals surface area contributed by atoms with E-state index in [9.17, 15) is 18.0 Å². The van der Waals surface area contributed by atoms with E-state index in [0.29, 0.717) is 48.1 Å². The lowest BCUT2D eigenvalue weighted by Crippen LogP contribution is -2.46. The van der Waals surface area contributed by atoms with Crippen molar-refractivity contribution < 1.29 is 27.4 Å². The number of likely N-dealkylation sites (tertiary alicyclic amines) is 2. The summed E-state index contributed by atoms with van der Waals surface area (Å²) in [6.45, 7) is 6.15. The number of piperidine rings is 1. The van der Waals surface area contributed by atoms with Gasteiger partial charge in [0, 0.05) is 24.7 Å². The number of pyridine rings is 1. The van der Waals surface area contributed by atoms with Crippen LogP contribution in [0, 0.1) is 6.92 Å². The summed E-state index contributed by atoms with van der Waals surface area (Å²) in [5.74, 6) is -0.0435. The van der Waals surface area contributed by atoms with Gasteiger partial charge in [-0.3, -0.25) is 4.79 Å². The molecule has 2 saturated heterocycles. The fraction of sp³-hybridized carbons (Fsp3) is 0.438. The highest BCUT2D eigenvalue weighted by Crippen LogP contribution is 2.34. The van der Waals surface area contributed by atoms with E-state index < -0.39 is 11.7 Å². The molecule has 0 atom stereocenters. The van der Waals surface area contributed by atoms with Crippen molar-refractivity contribution in [2.24, 2.45) is 0 Å². The van der Waals surface area contributed by atoms with Crippen LogP contribution in [-0.2, 0) is 17.5 Å². The first kappa shape index (κ1) is 29.1. The van der Waals surface area contributed by atoms with Crippen molar-refractivity contribution in [1.29, 1.82) is 0 Å². The minimum atomic E-state index is -4.47. The SMILES string of the molecule is Cc1cc(-c2cccc(C(F)(F)F)c2)nc(OCCOCc2ccccc2)c1C(=O)N1CCC(N2CCCC2)CC1. The third kappa shape index (κ3) is 7.26. The number of carbonyl (C=O) groups excluding carboxylic acids is 1. The molecule has 9 heteroatoms. The molecule has 0 radical (unpaired) electrons. The Morgan fingerprint density at radius 2 is 1.68 bits per heavy atom. The number of hydrogen-bond acceptors (Lipinski definition) is 5.